The highest BCUT2D eigenvalue weighted by atomic mass is 35.5. The Kier molecular flexibility index (Phi) is 10.9. The minimum atomic E-state index is -0.827. The number of methoxy groups -OCH3 is 1. The van der Waals surface area contributed by atoms with Crippen LogP contribution in [0.15, 0.2) is 91.0 Å². The van der Waals surface area contributed by atoms with E-state index in [9.17, 15) is 19.5 Å². The maximum absolute atomic E-state index is 14.4. The zero-order valence-corrected chi connectivity index (χ0v) is 28.6. The fourth-order valence-electron chi connectivity index (χ4n) is 7.00. The number of halogens is 2. The minimum absolute atomic E-state index is 0.106. The SMILES string of the molecule is COc1ccc(COC(=O)c2ccccc2CCNC(=O)[C@@H]2c3ccccc3C(=O)N([C@H]3CCCC[C@@H]3O)[C@H]2c2ccc(Cl)cc2Cl)cc1. The quantitative estimate of drug-likeness (QED) is 0.168. The van der Waals surface area contributed by atoms with E-state index in [1.54, 1.807) is 60.5 Å². The van der Waals surface area contributed by atoms with Crippen molar-refractivity contribution in [3.8, 4) is 5.75 Å². The lowest BCUT2D eigenvalue weighted by molar-refractivity contribution is -0.125. The Morgan fingerprint density at radius 2 is 1.65 bits per heavy atom. The van der Waals surface area contributed by atoms with E-state index < -0.39 is 30.1 Å². The summed E-state index contributed by atoms with van der Waals surface area (Å²) >= 11 is 13.1. The first kappa shape index (κ1) is 34.5. The van der Waals surface area contributed by atoms with Crippen LogP contribution < -0.4 is 10.1 Å². The van der Waals surface area contributed by atoms with Crippen molar-refractivity contribution in [1.82, 2.24) is 10.2 Å². The molecule has 0 spiro atoms. The molecule has 1 aliphatic carbocycles. The summed E-state index contributed by atoms with van der Waals surface area (Å²) in [6.07, 6.45) is 2.52. The van der Waals surface area contributed by atoms with Gasteiger partial charge in [0.25, 0.3) is 5.91 Å². The topological polar surface area (TPSA) is 105 Å². The normalized spacial score (nSPS) is 20.3. The van der Waals surface area contributed by atoms with Gasteiger partial charge in [-0.15, -0.1) is 0 Å². The molecule has 1 fully saturated rings. The maximum atomic E-state index is 14.4. The van der Waals surface area contributed by atoms with E-state index in [0.29, 0.717) is 57.3 Å². The molecule has 1 saturated carbocycles. The van der Waals surface area contributed by atoms with E-state index in [1.165, 1.54) is 0 Å². The van der Waals surface area contributed by atoms with Gasteiger partial charge in [-0.25, -0.2) is 4.79 Å². The van der Waals surface area contributed by atoms with Crippen LogP contribution >= 0.6 is 23.2 Å². The Balaban J connectivity index is 1.25. The summed E-state index contributed by atoms with van der Waals surface area (Å²) in [5.74, 6) is -1.12. The van der Waals surface area contributed by atoms with Crippen LogP contribution in [0.3, 0.4) is 0 Å². The van der Waals surface area contributed by atoms with Crippen molar-refractivity contribution in [1.29, 1.82) is 0 Å². The molecular formula is C39H38Cl2N2O6. The molecule has 4 aromatic carbocycles. The van der Waals surface area contributed by atoms with E-state index in [1.807, 2.05) is 42.5 Å². The molecule has 4 aromatic rings. The second-order valence-corrected chi connectivity index (χ2v) is 13.3. The summed E-state index contributed by atoms with van der Waals surface area (Å²) in [5.41, 5.74) is 3.57. The third kappa shape index (κ3) is 7.47. The molecule has 8 nitrogen and oxygen atoms in total. The van der Waals surface area contributed by atoms with Crippen LogP contribution in [0.2, 0.25) is 10.0 Å². The van der Waals surface area contributed by atoms with E-state index >= 15 is 0 Å². The van der Waals surface area contributed by atoms with Crippen LogP contribution in [-0.4, -0.2) is 53.6 Å². The largest absolute Gasteiger partial charge is 0.497 e. The lowest BCUT2D eigenvalue weighted by atomic mass is 9.76. The predicted octanol–water partition coefficient (Wildman–Crippen LogP) is 7.30. The number of carbonyl (C=O) groups excluding carboxylic acids is 3. The first-order valence-electron chi connectivity index (χ1n) is 16.5. The molecule has 0 saturated heterocycles. The van der Waals surface area contributed by atoms with Gasteiger partial charge in [0.1, 0.15) is 12.4 Å². The van der Waals surface area contributed by atoms with Gasteiger partial charge in [0.15, 0.2) is 0 Å². The smallest absolute Gasteiger partial charge is 0.338 e. The Morgan fingerprint density at radius 1 is 0.918 bits per heavy atom. The van der Waals surface area contributed by atoms with Gasteiger partial charge in [0.05, 0.1) is 36.8 Å². The summed E-state index contributed by atoms with van der Waals surface area (Å²) in [5, 5.41) is 15.0. The molecule has 49 heavy (non-hydrogen) atoms. The average Bonchev–Trinajstić information content (AvgIpc) is 3.11. The van der Waals surface area contributed by atoms with Gasteiger partial charge >= 0.3 is 5.97 Å². The molecule has 6 rings (SSSR count). The van der Waals surface area contributed by atoms with Crippen molar-refractivity contribution < 1.29 is 29.0 Å². The molecule has 0 radical (unpaired) electrons. The standard InChI is InChI=1S/C39H38Cl2N2O6/c1-48-27-17-14-24(15-18-27)23-49-39(47)28-9-3-2-8-25(28)20-21-42-37(45)35-29-10-4-5-11-30(29)38(46)43(33-12-6-7-13-34(33)44)36(35)31-19-16-26(40)22-32(31)41/h2-5,8-11,14-19,22,33-36,44H,6-7,12-13,20-21,23H2,1H3,(H,42,45)/t33-,34-,35+,36-/m0/s1. The number of carbonyl (C=O) groups is 3. The van der Waals surface area contributed by atoms with Gasteiger partial charge in [-0.1, -0.05) is 90.6 Å². The third-order valence-corrected chi connectivity index (χ3v) is 10.0. The van der Waals surface area contributed by atoms with Crippen molar-refractivity contribution in [2.24, 2.45) is 0 Å². The highest BCUT2D eigenvalue weighted by Crippen LogP contribution is 2.47. The zero-order valence-electron chi connectivity index (χ0n) is 27.1. The molecule has 1 heterocycles. The summed E-state index contributed by atoms with van der Waals surface area (Å²) < 4.78 is 10.8. The molecule has 1 aliphatic heterocycles. The first-order chi connectivity index (χ1) is 23.8. The molecular weight excluding hydrogens is 663 g/mol. The second-order valence-electron chi connectivity index (χ2n) is 12.4. The summed E-state index contributed by atoms with van der Waals surface area (Å²) in [7, 11) is 1.59. The highest BCUT2D eigenvalue weighted by molar-refractivity contribution is 6.35. The van der Waals surface area contributed by atoms with Gasteiger partial charge in [-0.3, -0.25) is 9.59 Å². The molecule has 10 heteroatoms. The first-order valence-corrected chi connectivity index (χ1v) is 17.2. The number of nitrogens with zero attached hydrogens (tertiary/aromatic N) is 1. The van der Waals surface area contributed by atoms with E-state index in [0.717, 1.165) is 24.0 Å². The maximum Gasteiger partial charge on any atom is 0.338 e. The Bertz CT molecular complexity index is 1830. The molecule has 4 atom stereocenters. The number of benzene rings is 4. The zero-order chi connectivity index (χ0) is 34.5. The Morgan fingerprint density at radius 3 is 2.41 bits per heavy atom. The average molecular weight is 702 g/mol. The number of nitrogens with one attached hydrogen (secondary N) is 1. The number of hydrogen-bond donors (Lipinski definition) is 2. The van der Waals surface area contributed by atoms with Gasteiger partial charge < -0.3 is 24.8 Å². The second kappa shape index (κ2) is 15.5. The van der Waals surface area contributed by atoms with Gasteiger partial charge in [0, 0.05) is 22.2 Å². The minimum Gasteiger partial charge on any atom is -0.497 e. The number of aliphatic hydroxyl groups excluding tert-OH is 1. The van der Waals surface area contributed by atoms with Crippen LogP contribution in [0.5, 0.6) is 5.75 Å². The van der Waals surface area contributed by atoms with E-state index in [-0.39, 0.29) is 25.0 Å². The van der Waals surface area contributed by atoms with Gasteiger partial charge in [-0.2, -0.15) is 0 Å². The van der Waals surface area contributed by atoms with Crippen LogP contribution in [-0.2, 0) is 22.6 Å². The summed E-state index contributed by atoms with van der Waals surface area (Å²) in [6, 6.07) is 25.4. The predicted molar refractivity (Wildman–Crippen MR) is 188 cm³/mol. The van der Waals surface area contributed by atoms with E-state index in [4.69, 9.17) is 32.7 Å². The van der Waals surface area contributed by atoms with Crippen molar-refractivity contribution >= 4 is 41.0 Å². The van der Waals surface area contributed by atoms with Gasteiger partial charge in [0.2, 0.25) is 5.91 Å². The number of fused-ring (bicyclic) bond motifs is 1. The van der Waals surface area contributed by atoms with Crippen molar-refractivity contribution in [3.05, 3.63) is 134 Å². The fourth-order valence-corrected chi connectivity index (χ4v) is 7.52. The van der Waals surface area contributed by atoms with Crippen molar-refractivity contribution in [2.45, 2.75) is 62.8 Å². The molecule has 0 aromatic heterocycles. The van der Waals surface area contributed by atoms with Gasteiger partial charge in [-0.05, 0) is 77.9 Å². The molecule has 2 N–H and O–H groups in total. The van der Waals surface area contributed by atoms with Crippen molar-refractivity contribution in [3.63, 3.8) is 0 Å². The lowest BCUT2D eigenvalue weighted by Gasteiger charge is -2.48. The molecule has 2 amide bonds. The number of esters is 1. The highest BCUT2D eigenvalue weighted by Gasteiger charge is 2.48. The fraction of sp³-hybridized carbons (Fsp3) is 0.308. The summed E-state index contributed by atoms with van der Waals surface area (Å²) in [4.78, 5) is 43.4. The Hall–Kier alpha value is -4.37. The molecule has 0 unspecified atom stereocenters. The molecule has 0 bridgehead atoms. The number of hydrogen-bond acceptors (Lipinski definition) is 6. The molecule has 254 valence electrons. The number of amides is 2. The Labute approximate surface area is 295 Å². The van der Waals surface area contributed by atoms with E-state index in [2.05, 4.69) is 5.32 Å². The molecule has 2 aliphatic rings. The number of rotatable bonds is 10. The number of ether oxygens (including phenoxy) is 2. The van der Waals surface area contributed by atoms with Crippen molar-refractivity contribution in [2.75, 3.05) is 13.7 Å². The summed E-state index contributed by atoms with van der Waals surface area (Å²) in [6.45, 7) is 0.329. The third-order valence-electron chi connectivity index (χ3n) is 9.45. The van der Waals surface area contributed by atoms with Crippen LogP contribution in [0.4, 0.5) is 0 Å². The van der Waals surface area contributed by atoms with Crippen LogP contribution in [0, 0.1) is 0 Å². The van der Waals surface area contributed by atoms with Crippen LogP contribution in [0.25, 0.3) is 0 Å². The number of aliphatic hydroxyl groups is 1. The monoisotopic (exact) mass is 700 g/mol. The lowest BCUT2D eigenvalue weighted by Crippen LogP contribution is -2.55. The van der Waals surface area contributed by atoms with Crippen LogP contribution in [0.1, 0.15) is 80.6 Å².